The van der Waals surface area contributed by atoms with Crippen molar-refractivity contribution in [2.75, 3.05) is 19.8 Å². The molecule has 0 aromatic heterocycles. The molecule has 1 aromatic rings. The van der Waals surface area contributed by atoms with Gasteiger partial charge in [0.15, 0.2) is 11.6 Å². The number of rotatable bonds is 7. The zero-order valence-corrected chi connectivity index (χ0v) is 11.2. The van der Waals surface area contributed by atoms with Gasteiger partial charge in [-0.15, -0.1) is 0 Å². The third-order valence-corrected chi connectivity index (χ3v) is 2.60. The lowest BCUT2D eigenvalue weighted by molar-refractivity contribution is 0.110. The van der Waals surface area contributed by atoms with E-state index in [1.54, 1.807) is 13.0 Å². The van der Waals surface area contributed by atoms with Gasteiger partial charge in [-0.2, -0.15) is 0 Å². The molecule has 1 atom stereocenters. The highest BCUT2D eigenvalue weighted by molar-refractivity contribution is 5.21. The molecule has 102 valence electrons. The minimum Gasteiger partial charge on any atom is -0.380 e. The summed E-state index contributed by atoms with van der Waals surface area (Å²) in [5, 5.41) is 3.11. The van der Waals surface area contributed by atoms with E-state index < -0.39 is 11.6 Å². The third-order valence-electron chi connectivity index (χ3n) is 2.60. The van der Waals surface area contributed by atoms with E-state index in [4.69, 9.17) is 4.74 Å². The molecule has 1 rings (SSSR count). The van der Waals surface area contributed by atoms with Crippen molar-refractivity contribution in [1.82, 2.24) is 5.32 Å². The summed E-state index contributed by atoms with van der Waals surface area (Å²) in [4.78, 5) is 0. The van der Waals surface area contributed by atoms with Gasteiger partial charge in [-0.25, -0.2) is 8.78 Å². The zero-order valence-electron chi connectivity index (χ0n) is 11.2. The summed E-state index contributed by atoms with van der Waals surface area (Å²) in [6.45, 7) is 7.87. The highest BCUT2D eigenvalue weighted by atomic mass is 19.2. The molecule has 0 bridgehead atoms. The van der Waals surface area contributed by atoms with Crippen LogP contribution >= 0.6 is 0 Å². The number of ether oxygens (including phenoxy) is 1. The van der Waals surface area contributed by atoms with Gasteiger partial charge >= 0.3 is 0 Å². The van der Waals surface area contributed by atoms with Crippen molar-refractivity contribution < 1.29 is 13.5 Å². The highest BCUT2D eigenvalue weighted by Crippen LogP contribution is 2.18. The molecule has 0 fully saturated rings. The maximum atomic E-state index is 13.5. The normalized spacial score (nSPS) is 13.0. The van der Waals surface area contributed by atoms with E-state index in [9.17, 15) is 8.78 Å². The Morgan fingerprint density at radius 3 is 2.61 bits per heavy atom. The number of hydrogen-bond donors (Lipinski definition) is 1. The number of nitrogens with one attached hydrogen (secondary N) is 1. The first-order valence-electron chi connectivity index (χ1n) is 6.27. The van der Waals surface area contributed by atoms with Crippen LogP contribution in [0.25, 0.3) is 0 Å². The van der Waals surface area contributed by atoms with Gasteiger partial charge in [0.05, 0.1) is 6.61 Å². The van der Waals surface area contributed by atoms with Crippen molar-refractivity contribution in [1.29, 1.82) is 0 Å². The monoisotopic (exact) mass is 257 g/mol. The molecular formula is C14H21F2NO. The molecular weight excluding hydrogens is 236 g/mol. The Bertz CT molecular complexity index is 369. The average molecular weight is 257 g/mol. The fourth-order valence-electron chi connectivity index (χ4n) is 1.63. The Morgan fingerprint density at radius 1 is 1.22 bits per heavy atom. The Kier molecular flexibility index (Phi) is 6.22. The van der Waals surface area contributed by atoms with E-state index in [2.05, 4.69) is 19.2 Å². The van der Waals surface area contributed by atoms with Crippen LogP contribution in [0.1, 0.15) is 32.4 Å². The minimum absolute atomic E-state index is 0.233. The van der Waals surface area contributed by atoms with E-state index in [1.165, 1.54) is 6.07 Å². The first-order valence-corrected chi connectivity index (χ1v) is 6.27. The quantitative estimate of drug-likeness (QED) is 0.757. The lowest BCUT2D eigenvalue weighted by atomic mass is 10.1. The summed E-state index contributed by atoms with van der Waals surface area (Å²) in [7, 11) is 0. The smallest absolute Gasteiger partial charge is 0.163 e. The van der Waals surface area contributed by atoms with E-state index in [1.807, 2.05) is 0 Å². The van der Waals surface area contributed by atoms with Crippen LogP contribution < -0.4 is 5.32 Å². The fourth-order valence-corrected chi connectivity index (χ4v) is 1.63. The summed E-state index contributed by atoms with van der Waals surface area (Å²) in [6, 6.07) is 3.99. The predicted octanol–water partition coefficient (Wildman–Crippen LogP) is 3.29. The lowest BCUT2D eigenvalue weighted by Gasteiger charge is -2.15. The average Bonchev–Trinajstić information content (AvgIpc) is 2.31. The summed E-state index contributed by atoms with van der Waals surface area (Å²) < 4.78 is 31.9. The number of hydrogen-bond acceptors (Lipinski definition) is 2. The van der Waals surface area contributed by atoms with Gasteiger partial charge in [0.2, 0.25) is 0 Å². The molecule has 0 spiro atoms. The Labute approximate surface area is 107 Å². The molecule has 4 heteroatoms. The van der Waals surface area contributed by atoms with Gasteiger partial charge in [-0.05, 0) is 18.9 Å². The van der Waals surface area contributed by atoms with E-state index in [-0.39, 0.29) is 6.04 Å². The third kappa shape index (κ3) is 4.70. The Morgan fingerprint density at radius 2 is 1.94 bits per heavy atom. The van der Waals surface area contributed by atoms with Gasteiger partial charge in [0.1, 0.15) is 0 Å². The second kappa shape index (κ2) is 7.44. The molecule has 1 unspecified atom stereocenters. The van der Waals surface area contributed by atoms with Crippen molar-refractivity contribution >= 4 is 0 Å². The summed E-state index contributed by atoms with van der Waals surface area (Å²) >= 11 is 0. The molecule has 2 nitrogen and oxygen atoms in total. The molecule has 0 aliphatic rings. The van der Waals surface area contributed by atoms with Crippen LogP contribution in [-0.4, -0.2) is 19.8 Å². The number of halogens is 2. The van der Waals surface area contributed by atoms with Crippen LogP contribution in [-0.2, 0) is 4.74 Å². The molecule has 0 aliphatic heterocycles. The summed E-state index contributed by atoms with van der Waals surface area (Å²) in [5.74, 6) is -1.08. The minimum atomic E-state index is -0.808. The van der Waals surface area contributed by atoms with Crippen LogP contribution in [0.4, 0.5) is 8.78 Å². The van der Waals surface area contributed by atoms with Crippen LogP contribution in [0.2, 0.25) is 0 Å². The van der Waals surface area contributed by atoms with Gasteiger partial charge < -0.3 is 10.1 Å². The van der Waals surface area contributed by atoms with E-state index in [0.717, 1.165) is 6.07 Å². The Balaban J connectivity index is 2.36. The second-order valence-corrected chi connectivity index (χ2v) is 4.79. The summed E-state index contributed by atoms with van der Waals surface area (Å²) in [5.41, 5.74) is 0.346. The maximum absolute atomic E-state index is 13.5. The van der Waals surface area contributed by atoms with Gasteiger partial charge in [0, 0.05) is 24.8 Å². The van der Waals surface area contributed by atoms with Crippen LogP contribution in [0.3, 0.4) is 0 Å². The largest absolute Gasteiger partial charge is 0.380 e. The van der Waals surface area contributed by atoms with Gasteiger partial charge in [-0.1, -0.05) is 26.0 Å². The predicted molar refractivity (Wildman–Crippen MR) is 68.4 cm³/mol. The highest BCUT2D eigenvalue weighted by Gasteiger charge is 2.13. The molecule has 0 saturated heterocycles. The maximum Gasteiger partial charge on any atom is 0.163 e. The first-order chi connectivity index (χ1) is 8.52. The first kappa shape index (κ1) is 15.1. The zero-order chi connectivity index (χ0) is 13.5. The standard InChI is InChI=1S/C14H21F2NO/c1-10(2)9-18-8-7-17-11(3)12-5-4-6-13(15)14(12)16/h4-6,10-11,17H,7-9H2,1-3H3. The van der Waals surface area contributed by atoms with E-state index >= 15 is 0 Å². The van der Waals surface area contributed by atoms with Gasteiger partial charge in [-0.3, -0.25) is 0 Å². The van der Waals surface area contributed by atoms with Crippen LogP contribution in [0, 0.1) is 17.6 Å². The van der Waals surface area contributed by atoms with Gasteiger partial charge in [0.25, 0.3) is 0 Å². The van der Waals surface area contributed by atoms with Crippen LogP contribution in [0.15, 0.2) is 18.2 Å². The molecule has 0 heterocycles. The molecule has 0 radical (unpaired) electrons. The number of benzene rings is 1. The SMILES string of the molecule is CC(C)COCCNC(C)c1cccc(F)c1F. The van der Waals surface area contributed by atoms with Crippen molar-refractivity contribution in [2.45, 2.75) is 26.8 Å². The molecule has 18 heavy (non-hydrogen) atoms. The van der Waals surface area contributed by atoms with Crippen molar-refractivity contribution in [2.24, 2.45) is 5.92 Å². The Hall–Kier alpha value is -1.00. The molecule has 0 aliphatic carbocycles. The molecule has 1 N–H and O–H groups in total. The molecule has 0 saturated carbocycles. The van der Waals surface area contributed by atoms with Crippen molar-refractivity contribution in [3.05, 3.63) is 35.4 Å². The topological polar surface area (TPSA) is 21.3 Å². The summed E-state index contributed by atoms with van der Waals surface area (Å²) in [6.07, 6.45) is 0. The van der Waals surface area contributed by atoms with Crippen molar-refractivity contribution in [3.8, 4) is 0 Å². The lowest BCUT2D eigenvalue weighted by Crippen LogP contribution is -2.24. The molecule has 0 amide bonds. The fraction of sp³-hybridized carbons (Fsp3) is 0.571. The van der Waals surface area contributed by atoms with Crippen LogP contribution in [0.5, 0.6) is 0 Å². The molecule has 1 aromatic carbocycles. The van der Waals surface area contributed by atoms with E-state index in [0.29, 0.717) is 31.2 Å². The van der Waals surface area contributed by atoms with Crippen molar-refractivity contribution in [3.63, 3.8) is 0 Å². The second-order valence-electron chi connectivity index (χ2n) is 4.79.